The molecule has 350 valence electrons. The molecule has 0 rings (SSSR count). The number of carbonyl (C=O) groups excluding carboxylic acids is 2. The number of hydrogen-bond donors (Lipinski definition) is 0. The Labute approximate surface area is 382 Å². The summed E-state index contributed by atoms with van der Waals surface area (Å²) in [7, 11) is 0. The van der Waals surface area contributed by atoms with Gasteiger partial charge in [0, 0.05) is 12.8 Å². The third kappa shape index (κ3) is 49.0. The van der Waals surface area contributed by atoms with E-state index < -0.39 is 6.10 Å². The second kappa shape index (κ2) is 51.6. The van der Waals surface area contributed by atoms with Gasteiger partial charge in [-0.25, -0.2) is 0 Å². The van der Waals surface area contributed by atoms with Crippen molar-refractivity contribution in [2.24, 2.45) is 0 Å². The van der Waals surface area contributed by atoms with Crippen LogP contribution in [0.1, 0.15) is 201 Å². The average Bonchev–Trinajstić information content (AvgIpc) is 3.27. The molecule has 0 saturated heterocycles. The summed E-state index contributed by atoms with van der Waals surface area (Å²) in [5, 5.41) is 0. The van der Waals surface area contributed by atoms with Crippen LogP contribution < -0.4 is 0 Å². The third-order valence-electron chi connectivity index (χ3n) is 9.98. The molecule has 62 heavy (non-hydrogen) atoms. The van der Waals surface area contributed by atoms with Crippen LogP contribution in [0, 0.1) is 0 Å². The Hall–Kier alpha value is -3.70. The number of unbranched alkanes of at least 4 members (excludes halogenated alkanes) is 13. The minimum Gasteiger partial charge on any atom is -0.462 e. The summed E-state index contributed by atoms with van der Waals surface area (Å²) in [6.07, 6.45) is 72.2. The van der Waals surface area contributed by atoms with Crippen LogP contribution in [0.5, 0.6) is 0 Å². The molecule has 0 aromatic heterocycles. The largest absolute Gasteiger partial charge is 0.462 e. The van der Waals surface area contributed by atoms with Crippen molar-refractivity contribution in [1.82, 2.24) is 0 Å². The Morgan fingerprint density at radius 2 is 0.726 bits per heavy atom. The minimum atomic E-state index is -0.593. The topological polar surface area (TPSA) is 61.8 Å². The van der Waals surface area contributed by atoms with Crippen LogP contribution in [0.25, 0.3) is 0 Å². The van der Waals surface area contributed by atoms with E-state index in [2.05, 4.69) is 142 Å². The Morgan fingerprint density at radius 1 is 0.371 bits per heavy atom. The summed E-state index contributed by atoms with van der Waals surface area (Å²) in [5.74, 6) is -0.474. The summed E-state index contributed by atoms with van der Waals surface area (Å²) in [4.78, 5) is 25.3. The van der Waals surface area contributed by atoms with Gasteiger partial charge < -0.3 is 14.2 Å². The number of esters is 2. The van der Waals surface area contributed by atoms with E-state index in [1.54, 1.807) is 0 Å². The number of carbonyl (C=O) groups is 2. The summed E-state index contributed by atoms with van der Waals surface area (Å²) in [6, 6.07) is 0. The van der Waals surface area contributed by atoms with E-state index in [1.807, 2.05) is 0 Å². The molecule has 0 radical (unpaired) electrons. The number of rotatable bonds is 44. The Balaban J connectivity index is 4.39. The maximum atomic E-state index is 12.7. The standard InChI is InChI=1S/C57H92O5/c1-4-7-10-13-16-19-22-24-26-28-29-30-31-33-36-38-41-44-47-50-56(58)61-54-55(62-57(59)51-48-45-42-39-35-21-18-15-12-9-6-3)53-60-52-49-46-43-40-37-34-32-27-25-23-20-17-14-11-8-5-2/h7-8,10-11,15-20,24-27,29-30,34,37,43,46,55H,4-6,9,12-14,21-23,28,31-33,35-36,38-42,44-45,47-54H2,1-3H3/b10-7-,11-8-,18-15-,19-16-,20-17-,26-24-,27-25-,30-29-,37-34-,46-43-. The first-order chi connectivity index (χ1) is 30.6. The van der Waals surface area contributed by atoms with Gasteiger partial charge in [-0.15, -0.1) is 0 Å². The third-order valence-corrected chi connectivity index (χ3v) is 9.98. The van der Waals surface area contributed by atoms with Gasteiger partial charge in [0.15, 0.2) is 6.10 Å². The predicted molar refractivity (Wildman–Crippen MR) is 269 cm³/mol. The molecular formula is C57H92O5. The molecular weight excluding hydrogens is 765 g/mol. The van der Waals surface area contributed by atoms with Crippen molar-refractivity contribution in [3.63, 3.8) is 0 Å². The van der Waals surface area contributed by atoms with E-state index >= 15 is 0 Å². The van der Waals surface area contributed by atoms with E-state index in [-0.39, 0.29) is 25.2 Å². The van der Waals surface area contributed by atoms with Gasteiger partial charge in [-0.3, -0.25) is 9.59 Å². The smallest absolute Gasteiger partial charge is 0.306 e. The first-order valence-electron chi connectivity index (χ1n) is 25.1. The normalized spacial score (nSPS) is 13.3. The molecule has 0 aliphatic rings. The Morgan fingerprint density at radius 3 is 1.18 bits per heavy atom. The van der Waals surface area contributed by atoms with Gasteiger partial charge in [0.25, 0.3) is 0 Å². The molecule has 0 fully saturated rings. The van der Waals surface area contributed by atoms with Crippen LogP contribution in [-0.4, -0.2) is 37.9 Å². The van der Waals surface area contributed by atoms with Crippen molar-refractivity contribution in [1.29, 1.82) is 0 Å². The lowest BCUT2D eigenvalue weighted by Gasteiger charge is -2.18. The van der Waals surface area contributed by atoms with Gasteiger partial charge in [-0.1, -0.05) is 200 Å². The maximum absolute atomic E-state index is 12.7. The Bertz CT molecular complexity index is 1290. The van der Waals surface area contributed by atoms with Crippen LogP contribution in [0.15, 0.2) is 122 Å². The van der Waals surface area contributed by atoms with Crippen molar-refractivity contribution in [3.8, 4) is 0 Å². The summed E-state index contributed by atoms with van der Waals surface area (Å²) < 4.78 is 17.2. The van der Waals surface area contributed by atoms with Crippen LogP contribution in [-0.2, 0) is 23.8 Å². The predicted octanol–water partition coefficient (Wildman–Crippen LogP) is 17.0. The molecule has 0 spiro atoms. The van der Waals surface area contributed by atoms with Crippen molar-refractivity contribution >= 4 is 11.9 Å². The molecule has 0 aromatic carbocycles. The monoisotopic (exact) mass is 857 g/mol. The molecule has 0 saturated carbocycles. The summed E-state index contributed by atoms with van der Waals surface area (Å²) in [6.45, 7) is 7.31. The maximum Gasteiger partial charge on any atom is 0.306 e. The van der Waals surface area contributed by atoms with Crippen LogP contribution in [0.4, 0.5) is 0 Å². The zero-order valence-corrected chi connectivity index (χ0v) is 40.1. The van der Waals surface area contributed by atoms with E-state index in [1.165, 1.54) is 51.4 Å². The SMILES string of the molecule is CC/C=C\C/C=C\C/C=C\C/C=C\C/C=C\CCOCC(COC(=O)CCCCCCCC/C=C\C/C=C\C/C=C\C/C=C\CC)OC(=O)CCCCCCC/C=C\CCCC. The van der Waals surface area contributed by atoms with Gasteiger partial charge in [-0.2, -0.15) is 0 Å². The highest BCUT2D eigenvalue weighted by Crippen LogP contribution is 2.12. The van der Waals surface area contributed by atoms with Gasteiger partial charge in [0.2, 0.25) is 0 Å². The molecule has 1 unspecified atom stereocenters. The van der Waals surface area contributed by atoms with Gasteiger partial charge in [-0.05, 0) is 109 Å². The lowest BCUT2D eigenvalue weighted by molar-refractivity contribution is -0.162. The quantitative estimate of drug-likeness (QED) is 0.0347. The summed E-state index contributed by atoms with van der Waals surface area (Å²) >= 11 is 0. The minimum absolute atomic E-state index is 0.0370. The molecule has 0 aromatic rings. The van der Waals surface area contributed by atoms with Crippen LogP contribution in [0.3, 0.4) is 0 Å². The van der Waals surface area contributed by atoms with E-state index in [0.29, 0.717) is 19.4 Å². The van der Waals surface area contributed by atoms with Gasteiger partial charge >= 0.3 is 11.9 Å². The zero-order chi connectivity index (χ0) is 44.9. The van der Waals surface area contributed by atoms with E-state index in [0.717, 1.165) is 116 Å². The van der Waals surface area contributed by atoms with Crippen LogP contribution in [0.2, 0.25) is 0 Å². The lowest BCUT2D eigenvalue weighted by atomic mass is 10.1. The molecule has 5 heteroatoms. The second-order valence-electron chi connectivity index (χ2n) is 15.9. The van der Waals surface area contributed by atoms with E-state index in [4.69, 9.17) is 14.2 Å². The van der Waals surface area contributed by atoms with E-state index in [9.17, 15) is 9.59 Å². The summed E-state index contributed by atoms with van der Waals surface area (Å²) in [5.41, 5.74) is 0. The van der Waals surface area contributed by atoms with Crippen molar-refractivity contribution in [3.05, 3.63) is 122 Å². The Kier molecular flexibility index (Phi) is 48.6. The van der Waals surface area contributed by atoms with Gasteiger partial charge in [0.1, 0.15) is 6.61 Å². The fraction of sp³-hybridized carbons (Fsp3) is 0.614. The zero-order valence-electron chi connectivity index (χ0n) is 40.1. The highest BCUT2D eigenvalue weighted by atomic mass is 16.6. The fourth-order valence-corrected chi connectivity index (χ4v) is 6.31. The first kappa shape index (κ1) is 58.3. The first-order valence-corrected chi connectivity index (χ1v) is 25.1. The van der Waals surface area contributed by atoms with Crippen LogP contribution >= 0.6 is 0 Å². The highest BCUT2D eigenvalue weighted by molar-refractivity contribution is 5.70. The molecule has 0 aliphatic heterocycles. The van der Waals surface area contributed by atoms with Gasteiger partial charge in [0.05, 0.1) is 13.2 Å². The molecule has 5 nitrogen and oxygen atoms in total. The molecule has 0 amide bonds. The molecule has 0 heterocycles. The fourth-order valence-electron chi connectivity index (χ4n) is 6.31. The number of allylic oxidation sites excluding steroid dienone is 19. The molecule has 1 atom stereocenters. The average molecular weight is 857 g/mol. The van der Waals surface area contributed by atoms with Crippen molar-refractivity contribution in [2.75, 3.05) is 19.8 Å². The molecule has 0 bridgehead atoms. The molecule has 0 N–H and O–H groups in total. The number of ether oxygens (including phenoxy) is 3. The number of hydrogen-bond acceptors (Lipinski definition) is 5. The lowest BCUT2D eigenvalue weighted by Crippen LogP contribution is -2.30. The molecule has 0 aliphatic carbocycles. The van der Waals surface area contributed by atoms with Crippen molar-refractivity contribution in [2.45, 2.75) is 207 Å². The second-order valence-corrected chi connectivity index (χ2v) is 15.9. The highest BCUT2D eigenvalue weighted by Gasteiger charge is 2.17. The van der Waals surface area contributed by atoms with Crippen molar-refractivity contribution < 1.29 is 23.8 Å².